The molecule has 7 heteroatoms. The minimum absolute atomic E-state index is 0.0881. The Morgan fingerprint density at radius 3 is 2.55 bits per heavy atom. The lowest BCUT2D eigenvalue weighted by Crippen LogP contribution is -2.02. The van der Waals surface area contributed by atoms with Crippen LogP contribution in [0.2, 0.25) is 0 Å². The molecular weight excluding hydrogens is 264 g/mol. The van der Waals surface area contributed by atoms with Gasteiger partial charge in [0.2, 0.25) is 0 Å². The number of hydrogen-bond acceptors (Lipinski definition) is 4. The second-order valence-corrected chi connectivity index (χ2v) is 4.52. The molecule has 0 fully saturated rings. The normalized spacial score (nSPS) is 11.2. The van der Waals surface area contributed by atoms with Gasteiger partial charge in [-0.1, -0.05) is 0 Å². The lowest BCUT2D eigenvalue weighted by molar-refractivity contribution is 0.587. The van der Waals surface area contributed by atoms with Crippen LogP contribution in [0.5, 0.6) is 0 Å². The zero-order valence-electron chi connectivity index (χ0n) is 10.9. The number of benzene rings is 1. The summed E-state index contributed by atoms with van der Waals surface area (Å²) in [5.74, 6) is -0.687. The van der Waals surface area contributed by atoms with E-state index in [0.717, 1.165) is 11.8 Å². The van der Waals surface area contributed by atoms with Crippen LogP contribution in [0.4, 0.5) is 14.5 Å². The van der Waals surface area contributed by atoms with Gasteiger partial charge in [-0.2, -0.15) is 0 Å². The molecule has 2 N–H and O–H groups in total. The fraction of sp³-hybridized carbons (Fsp3) is 0.154. The zero-order valence-corrected chi connectivity index (χ0v) is 10.9. The van der Waals surface area contributed by atoms with Crippen molar-refractivity contribution in [3.63, 3.8) is 0 Å². The van der Waals surface area contributed by atoms with Crippen LogP contribution >= 0.6 is 0 Å². The Balaban J connectivity index is 2.33. The average Bonchev–Trinajstić information content (AvgIpc) is 2.77. The van der Waals surface area contributed by atoms with Gasteiger partial charge in [0.15, 0.2) is 11.5 Å². The zero-order chi connectivity index (χ0) is 14.4. The maximum absolute atomic E-state index is 13.9. The highest BCUT2D eigenvalue weighted by Gasteiger charge is 2.17. The van der Waals surface area contributed by atoms with Crippen molar-refractivity contribution in [3.05, 3.63) is 41.4 Å². The van der Waals surface area contributed by atoms with Gasteiger partial charge < -0.3 is 5.73 Å². The Morgan fingerprint density at radius 2 is 1.80 bits per heavy atom. The number of anilines is 1. The van der Waals surface area contributed by atoms with Gasteiger partial charge in [-0.05, 0) is 19.9 Å². The van der Waals surface area contributed by atoms with Crippen molar-refractivity contribution in [2.24, 2.45) is 0 Å². The third kappa shape index (κ3) is 1.78. The van der Waals surface area contributed by atoms with Crippen molar-refractivity contribution < 1.29 is 8.78 Å². The molecule has 0 atom stereocenters. The number of nitrogens with zero attached hydrogens (tertiary/aromatic N) is 4. The number of hydrogen-bond donors (Lipinski definition) is 1. The highest BCUT2D eigenvalue weighted by atomic mass is 19.1. The molecule has 102 valence electrons. The van der Waals surface area contributed by atoms with E-state index in [1.807, 2.05) is 6.92 Å². The highest BCUT2D eigenvalue weighted by Crippen LogP contribution is 2.26. The van der Waals surface area contributed by atoms with Crippen LogP contribution in [0, 0.1) is 25.5 Å². The van der Waals surface area contributed by atoms with Crippen molar-refractivity contribution >= 4 is 11.3 Å². The minimum atomic E-state index is -0.800. The molecule has 0 saturated heterocycles. The van der Waals surface area contributed by atoms with E-state index in [1.165, 1.54) is 6.07 Å². The molecule has 0 radical (unpaired) electrons. The minimum Gasteiger partial charge on any atom is -0.396 e. The van der Waals surface area contributed by atoms with Crippen LogP contribution in [0.25, 0.3) is 17.0 Å². The number of fused-ring (bicyclic) bond motifs is 1. The van der Waals surface area contributed by atoms with E-state index < -0.39 is 11.6 Å². The molecular formula is C13H11F2N5. The first-order valence-corrected chi connectivity index (χ1v) is 5.91. The standard InChI is InChI=1S/C13H11F2N5/c1-6-3-12-18-19-13(20(12)7(2)17-6)8-4-11(16)10(15)5-9(8)14/h3-5H,16H2,1-2H3. The number of aryl methyl sites for hydroxylation is 2. The van der Waals surface area contributed by atoms with Crippen LogP contribution in [-0.2, 0) is 0 Å². The van der Waals surface area contributed by atoms with Crippen LogP contribution in [-0.4, -0.2) is 19.6 Å². The molecule has 0 saturated carbocycles. The van der Waals surface area contributed by atoms with Gasteiger partial charge in [0.25, 0.3) is 0 Å². The van der Waals surface area contributed by atoms with E-state index >= 15 is 0 Å². The summed E-state index contributed by atoms with van der Waals surface area (Å²) in [4.78, 5) is 4.28. The smallest absolute Gasteiger partial charge is 0.172 e. The van der Waals surface area contributed by atoms with Gasteiger partial charge in [0.05, 0.1) is 11.3 Å². The number of nitrogen functional groups attached to an aromatic ring is 1. The SMILES string of the molecule is Cc1cc2nnc(-c3cc(N)c(F)cc3F)n2c(C)n1. The number of aromatic nitrogens is 4. The van der Waals surface area contributed by atoms with Gasteiger partial charge >= 0.3 is 0 Å². The summed E-state index contributed by atoms with van der Waals surface area (Å²) in [7, 11) is 0. The van der Waals surface area contributed by atoms with Crippen molar-refractivity contribution in [2.45, 2.75) is 13.8 Å². The number of nitrogens with two attached hydrogens (primary N) is 1. The van der Waals surface area contributed by atoms with Crippen LogP contribution in [0.1, 0.15) is 11.5 Å². The van der Waals surface area contributed by atoms with E-state index in [0.29, 0.717) is 11.5 Å². The molecule has 0 spiro atoms. The highest BCUT2D eigenvalue weighted by molar-refractivity contribution is 5.65. The summed E-state index contributed by atoms with van der Waals surface area (Å²) < 4.78 is 28.8. The second-order valence-electron chi connectivity index (χ2n) is 4.52. The summed E-state index contributed by atoms with van der Waals surface area (Å²) in [6, 6.07) is 3.68. The lowest BCUT2D eigenvalue weighted by Gasteiger charge is -2.06. The Labute approximate surface area is 113 Å². The Morgan fingerprint density at radius 1 is 1.05 bits per heavy atom. The third-order valence-electron chi connectivity index (χ3n) is 3.02. The Bertz CT molecular complexity index is 825. The molecule has 5 nitrogen and oxygen atoms in total. The molecule has 20 heavy (non-hydrogen) atoms. The monoisotopic (exact) mass is 275 g/mol. The molecule has 0 amide bonds. The second kappa shape index (κ2) is 4.22. The molecule has 0 aliphatic carbocycles. The topological polar surface area (TPSA) is 69.1 Å². The number of rotatable bonds is 1. The quantitative estimate of drug-likeness (QED) is 0.692. The molecule has 1 aromatic carbocycles. The predicted octanol–water partition coefficient (Wildman–Crippen LogP) is 2.27. The molecule has 0 unspecified atom stereocenters. The van der Waals surface area contributed by atoms with Crippen molar-refractivity contribution in [2.75, 3.05) is 5.73 Å². The lowest BCUT2D eigenvalue weighted by atomic mass is 10.1. The summed E-state index contributed by atoms with van der Waals surface area (Å²) in [6.45, 7) is 3.59. The van der Waals surface area contributed by atoms with E-state index in [2.05, 4.69) is 15.2 Å². The first-order valence-electron chi connectivity index (χ1n) is 5.91. The maximum Gasteiger partial charge on any atom is 0.172 e. The van der Waals surface area contributed by atoms with Gasteiger partial charge in [-0.3, -0.25) is 4.40 Å². The fourth-order valence-electron chi connectivity index (χ4n) is 2.14. The summed E-state index contributed by atoms with van der Waals surface area (Å²) >= 11 is 0. The van der Waals surface area contributed by atoms with Gasteiger partial charge in [0.1, 0.15) is 17.5 Å². The molecule has 2 heterocycles. The van der Waals surface area contributed by atoms with Gasteiger partial charge in [-0.15, -0.1) is 10.2 Å². The predicted molar refractivity (Wildman–Crippen MR) is 70.0 cm³/mol. The Hall–Kier alpha value is -2.57. The van der Waals surface area contributed by atoms with Crippen LogP contribution in [0.3, 0.4) is 0 Å². The number of halogens is 2. The van der Waals surface area contributed by atoms with E-state index in [9.17, 15) is 8.78 Å². The summed E-state index contributed by atoms with van der Waals surface area (Å²) in [5.41, 5.74) is 6.77. The Kier molecular flexibility index (Phi) is 2.63. The van der Waals surface area contributed by atoms with Crippen LogP contribution < -0.4 is 5.73 Å². The molecule has 3 rings (SSSR count). The summed E-state index contributed by atoms with van der Waals surface area (Å²) in [5, 5.41) is 7.94. The van der Waals surface area contributed by atoms with Gasteiger partial charge in [-0.25, -0.2) is 13.8 Å². The molecule has 2 aromatic heterocycles. The first kappa shape index (κ1) is 12.5. The third-order valence-corrected chi connectivity index (χ3v) is 3.02. The van der Waals surface area contributed by atoms with Gasteiger partial charge in [0, 0.05) is 17.8 Å². The first-order chi connectivity index (χ1) is 9.47. The molecule has 0 bridgehead atoms. The van der Waals surface area contributed by atoms with Crippen molar-refractivity contribution in [1.29, 1.82) is 0 Å². The van der Waals surface area contributed by atoms with E-state index in [4.69, 9.17) is 5.73 Å². The van der Waals surface area contributed by atoms with E-state index in [-0.39, 0.29) is 17.1 Å². The summed E-state index contributed by atoms with van der Waals surface area (Å²) in [6.07, 6.45) is 0. The largest absolute Gasteiger partial charge is 0.396 e. The maximum atomic E-state index is 13.9. The molecule has 3 aromatic rings. The van der Waals surface area contributed by atoms with Crippen molar-refractivity contribution in [1.82, 2.24) is 19.6 Å². The fourth-order valence-corrected chi connectivity index (χ4v) is 2.14. The van der Waals surface area contributed by atoms with Crippen LogP contribution in [0.15, 0.2) is 18.2 Å². The average molecular weight is 275 g/mol. The van der Waals surface area contributed by atoms with E-state index in [1.54, 1.807) is 17.4 Å². The molecule has 0 aliphatic rings. The molecule has 0 aliphatic heterocycles. The van der Waals surface area contributed by atoms with Crippen molar-refractivity contribution in [3.8, 4) is 11.4 Å².